The van der Waals surface area contributed by atoms with Gasteiger partial charge in [0.05, 0.1) is 6.10 Å². The van der Waals surface area contributed by atoms with E-state index < -0.39 is 0 Å². The Morgan fingerprint density at radius 1 is 0.778 bits per heavy atom. The molecule has 4 rings (SSSR count). The number of hydrogen-bond acceptors (Lipinski definition) is 1. The van der Waals surface area contributed by atoms with E-state index in [1.165, 1.54) is 37.8 Å². The van der Waals surface area contributed by atoms with Crippen LogP contribution < -0.4 is 0 Å². The number of ether oxygens (including phenoxy) is 1. The van der Waals surface area contributed by atoms with Gasteiger partial charge in [-0.3, -0.25) is 0 Å². The van der Waals surface area contributed by atoms with Gasteiger partial charge in [0, 0.05) is 11.0 Å². The fraction of sp³-hybridized carbons (Fsp3) is 0.280. The molecular weight excluding hydrogens is 443 g/mol. The molecule has 1 aliphatic rings. The summed E-state index contributed by atoms with van der Waals surface area (Å²) in [6.45, 7) is 0.898. The third-order valence-electron chi connectivity index (χ3n) is 5.35. The van der Waals surface area contributed by atoms with Crippen LogP contribution in [-0.2, 0) is 17.6 Å². The summed E-state index contributed by atoms with van der Waals surface area (Å²) in [6.07, 6.45) is 4.88. The Labute approximate surface area is 175 Å². The van der Waals surface area contributed by atoms with E-state index in [1.807, 2.05) is 0 Å². The van der Waals surface area contributed by atoms with Crippen LogP contribution in [-0.4, -0.2) is 17.1 Å². The lowest BCUT2D eigenvalue weighted by molar-refractivity contribution is 0.0454. The van der Waals surface area contributed by atoms with E-state index in [1.54, 1.807) is 0 Å². The Balaban J connectivity index is 1.48. The molecule has 2 heteroatoms. The summed E-state index contributed by atoms with van der Waals surface area (Å²) in [6, 6.07) is 26.4. The van der Waals surface area contributed by atoms with Crippen molar-refractivity contribution in [3.05, 3.63) is 83.9 Å². The van der Waals surface area contributed by atoms with Gasteiger partial charge in [0.15, 0.2) is 0 Å². The number of fused-ring (bicyclic) bond motifs is 1. The molecular formula is C25H25IO. The molecule has 0 spiro atoms. The summed E-state index contributed by atoms with van der Waals surface area (Å²) < 4.78 is 7.22. The average Bonchev–Trinajstić information content (AvgIpc) is 2.74. The molecule has 3 aromatic carbocycles. The van der Waals surface area contributed by atoms with Crippen LogP contribution in [0.2, 0.25) is 0 Å². The van der Waals surface area contributed by atoms with Crippen molar-refractivity contribution in [2.24, 2.45) is 0 Å². The topological polar surface area (TPSA) is 9.23 Å². The van der Waals surface area contributed by atoms with Crippen molar-refractivity contribution in [2.45, 2.75) is 31.8 Å². The van der Waals surface area contributed by atoms with Gasteiger partial charge in [-0.1, -0.05) is 95.4 Å². The van der Waals surface area contributed by atoms with Gasteiger partial charge in [0.25, 0.3) is 0 Å². The van der Waals surface area contributed by atoms with Gasteiger partial charge >= 0.3 is 0 Å². The van der Waals surface area contributed by atoms with E-state index in [4.69, 9.17) is 4.74 Å². The third kappa shape index (κ3) is 4.61. The summed E-state index contributed by atoms with van der Waals surface area (Å²) in [5.41, 5.74) is 8.10. The molecule has 0 radical (unpaired) electrons. The zero-order valence-corrected chi connectivity index (χ0v) is 17.7. The molecule has 0 saturated carbocycles. The SMILES string of the molecule is ICCCOC1CCc2cc(-c3ccc(-c4ccccc4)cc3)ccc2C1. The predicted octanol–water partition coefficient (Wildman–Crippen LogP) is 6.72. The zero-order valence-electron chi connectivity index (χ0n) is 15.5. The monoisotopic (exact) mass is 468 g/mol. The molecule has 27 heavy (non-hydrogen) atoms. The summed E-state index contributed by atoms with van der Waals surface area (Å²) in [4.78, 5) is 0. The second kappa shape index (κ2) is 9.03. The minimum atomic E-state index is 0.399. The largest absolute Gasteiger partial charge is 0.378 e. The number of hydrogen-bond donors (Lipinski definition) is 0. The second-order valence-electron chi connectivity index (χ2n) is 7.20. The van der Waals surface area contributed by atoms with E-state index in [0.717, 1.165) is 32.3 Å². The van der Waals surface area contributed by atoms with Gasteiger partial charge in [0.2, 0.25) is 0 Å². The van der Waals surface area contributed by atoms with E-state index in [0.29, 0.717) is 6.10 Å². The van der Waals surface area contributed by atoms with Crippen LogP contribution in [0.1, 0.15) is 24.0 Å². The highest BCUT2D eigenvalue weighted by Crippen LogP contribution is 2.30. The van der Waals surface area contributed by atoms with Crippen LogP contribution in [0, 0.1) is 0 Å². The summed E-state index contributed by atoms with van der Waals surface area (Å²) >= 11 is 2.42. The molecule has 0 N–H and O–H groups in total. The molecule has 3 aromatic rings. The Morgan fingerprint density at radius 3 is 2.19 bits per heavy atom. The molecule has 0 aromatic heterocycles. The van der Waals surface area contributed by atoms with E-state index >= 15 is 0 Å². The quantitative estimate of drug-likeness (QED) is 0.222. The summed E-state index contributed by atoms with van der Waals surface area (Å²) in [5.74, 6) is 0. The molecule has 1 nitrogen and oxygen atoms in total. The van der Waals surface area contributed by atoms with Crippen molar-refractivity contribution in [1.82, 2.24) is 0 Å². The Hall–Kier alpha value is -1.65. The van der Waals surface area contributed by atoms with Crippen molar-refractivity contribution in [3.8, 4) is 22.3 Å². The first kappa shape index (κ1) is 18.7. The van der Waals surface area contributed by atoms with E-state index in [2.05, 4.69) is 95.4 Å². The van der Waals surface area contributed by atoms with Gasteiger partial charge in [0.1, 0.15) is 0 Å². The van der Waals surface area contributed by atoms with Crippen LogP contribution in [0.25, 0.3) is 22.3 Å². The average molecular weight is 468 g/mol. The number of alkyl halides is 1. The van der Waals surface area contributed by atoms with Gasteiger partial charge in [-0.2, -0.15) is 0 Å². The summed E-state index contributed by atoms with van der Waals surface area (Å²) in [7, 11) is 0. The third-order valence-corrected chi connectivity index (χ3v) is 6.11. The minimum absolute atomic E-state index is 0.399. The lowest BCUT2D eigenvalue weighted by Gasteiger charge is -2.25. The van der Waals surface area contributed by atoms with Crippen LogP contribution >= 0.6 is 22.6 Å². The fourth-order valence-electron chi connectivity index (χ4n) is 3.83. The van der Waals surface area contributed by atoms with Crippen molar-refractivity contribution in [3.63, 3.8) is 0 Å². The van der Waals surface area contributed by atoms with E-state index in [9.17, 15) is 0 Å². The number of halogens is 1. The molecule has 0 aliphatic heterocycles. The molecule has 1 aliphatic carbocycles. The normalized spacial score (nSPS) is 16.1. The maximum absolute atomic E-state index is 6.05. The fourth-order valence-corrected chi connectivity index (χ4v) is 4.15. The number of rotatable bonds is 6. The predicted molar refractivity (Wildman–Crippen MR) is 123 cm³/mol. The molecule has 0 bridgehead atoms. The van der Waals surface area contributed by atoms with Crippen LogP contribution in [0.5, 0.6) is 0 Å². The molecule has 0 amide bonds. The first-order chi connectivity index (χ1) is 13.3. The highest BCUT2D eigenvalue weighted by atomic mass is 127. The zero-order chi connectivity index (χ0) is 18.5. The van der Waals surface area contributed by atoms with Gasteiger partial charge in [-0.05, 0) is 59.1 Å². The Kier molecular flexibility index (Phi) is 6.25. The Morgan fingerprint density at radius 2 is 1.44 bits per heavy atom. The smallest absolute Gasteiger partial charge is 0.0618 e. The maximum atomic E-state index is 6.05. The Bertz CT molecular complexity index is 871. The van der Waals surface area contributed by atoms with Gasteiger partial charge in [-0.15, -0.1) is 0 Å². The van der Waals surface area contributed by atoms with Crippen LogP contribution in [0.4, 0.5) is 0 Å². The molecule has 1 unspecified atom stereocenters. The molecule has 0 fully saturated rings. The number of aryl methyl sites for hydroxylation is 1. The van der Waals surface area contributed by atoms with Crippen LogP contribution in [0.15, 0.2) is 72.8 Å². The highest BCUT2D eigenvalue weighted by Gasteiger charge is 2.19. The first-order valence-corrected chi connectivity index (χ1v) is 11.3. The lowest BCUT2D eigenvalue weighted by atomic mass is 9.87. The van der Waals surface area contributed by atoms with Crippen molar-refractivity contribution in [2.75, 3.05) is 11.0 Å². The standard InChI is InChI=1S/C25H25IO/c26-15-4-16-27-25-14-13-23-17-22(11-12-24(23)18-25)21-9-7-20(8-10-21)19-5-2-1-3-6-19/h1-3,5-12,17,25H,4,13-16,18H2. The van der Waals surface area contributed by atoms with E-state index in [-0.39, 0.29) is 0 Å². The minimum Gasteiger partial charge on any atom is -0.378 e. The molecule has 1 atom stereocenters. The molecule has 138 valence electrons. The second-order valence-corrected chi connectivity index (χ2v) is 8.28. The van der Waals surface area contributed by atoms with Gasteiger partial charge < -0.3 is 4.74 Å². The molecule has 0 heterocycles. The summed E-state index contributed by atoms with van der Waals surface area (Å²) in [5, 5.41) is 0. The van der Waals surface area contributed by atoms with Gasteiger partial charge in [-0.25, -0.2) is 0 Å². The van der Waals surface area contributed by atoms with Crippen molar-refractivity contribution < 1.29 is 4.74 Å². The van der Waals surface area contributed by atoms with Crippen molar-refractivity contribution >= 4 is 22.6 Å². The maximum Gasteiger partial charge on any atom is 0.0618 e. The lowest BCUT2D eigenvalue weighted by Crippen LogP contribution is -2.23. The van der Waals surface area contributed by atoms with Crippen molar-refractivity contribution in [1.29, 1.82) is 0 Å². The highest BCUT2D eigenvalue weighted by molar-refractivity contribution is 14.1. The number of benzene rings is 3. The molecule has 0 saturated heterocycles. The van der Waals surface area contributed by atoms with Crippen LogP contribution in [0.3, 0.4) is 0 Å². The first-order valence-electron chi connectivity index (χ1n) is 9.79.